The average molecular weight is 297 g/mol. The second-order valence-corrected chi connectivity index (χ2v) is 5.00. The monoisotopic (exact) mass is 297 g/mol. The molecule has 0 aliphatic carbocycles. The van der Waals surface area contributed by atoms with Gasteiger partial charge in [0, 0.05) is 0 Å². The molecule has 1 fully saturated rings. The fourth-order valence-corrected chi connectivity index (χ4v) is 1.81. The summed E-state index contributed by atoms with van der Waals surface area (Å²) >= 11 is 0. The average Bonchev–Trinajstić information content (AvgIpc) is 1.96. The van der Waals surface area contributed by atoms with Crippen molar-refractivity contribution >= 4 is 5.78 Å². The molecular formula is C10H20INO. The number of ketones is 1. The van der Waals surface area contributed by atoms with E-state index in [9.17, 15) is 4.79 Å². The van der Waals surface area contributed by atoms with Crippen molar-refractivity contribution in [1.82, 2.24) is 0 Å². The molecule has 1 rings (SSSR count). The van der Waals surface area contributed by atoms with Gasteiger partial charge in [-0.25, -0.2) is 0 Å². The molecular weight excluding hydrogens is 277 g/mol. The Morgan fingerprint density at radius 1 is 1.38 bits per heavy atom. The van der Waals surface area contributed by atoms with Gasteiger partial charge in [0.05, 0.1) is 33.0 Å². The van der Waals surface area contributed by atoms with Crippen LogP contribution in [0.3, 0.4) is 0 Å². The summed E-state index contributed by atoms with van der Waals surface area (Å²) in [5.41, 5.74) is 0.0926. The van der Waals surface area contributed by atoms with Gasteiger partial charge in [0.15, 0.2) is 0 Å². The van der Waals surface area contributed by atoms with Crippen LogP contribution >= 0.6 is 0 Å². The molecule has 1 heterocycles. The predicted molar refractivity (Wildman–Crippen MR) is 49.8 cm³/mol. The van der Waals surface area contributed by atoms with Crippen molar-refractivity contribution in [3.63, 3.8) is 0 Å². The van der Waals surface area contributed by atoms with E-state index in [1.54, 1.807) is 0 Å². The van der Waals surface area contributed by atoms with Gasteiger partial charge >= 0.3 is 0 Å². The van der Waals surface area contributed by atoms with Crippen molar-refractivity contribution in [1.29, 1.82) is 0 Å². The number of quaternary nitrogens is 1. The second kappa shape index (κ2) is 3.85. The van der Waals surface area contributed by atoms with Crippen LogP contribution < -0.4 is 24.0 Å². The molecule has 1 aliphatic heterocycles. The highest BCUT2D eigenvalue weighted by Crippen LogP contribution is 2.34. The molecule has 0 aromatic rings. The molecule has 2 nitrogen and oxygen atoms in total. The van der Waals surface area contributed by atoms with E-state index >= 15 is 0 Å². The van der Waals surface area contributed by atoms with Gasteiger partial charge in [0.25, 0.3) is 0 Å². The van der Waals surface area contributed by atoms with Gasteiger partial charge in [-0.1, -0.05) is 0 Å². The highest BCUT2D eigenvalue weighted by molar-refractivity contribution is 5.82. The Hall–Kier alpha value is 0.360. The van der Waals surface area contributed by atoms with Crippen LogP contribution in [0.2, 0.25) is 0 Å². The van der Waals surface area contributed by atoms with Crippen molar-refractivity contribution in [2.75, 3.05) is 20.6 Å². The first-order valence-corrected chi connectivity index (χ1v) is 4.65. The number of hydrogen-bond donors (Lipinski definition) is 0. The molecule has 0 saturated carbocycles. The number of carbonyl (C=O) groups excluding carboxylic acids is 1. The maximum Gasteiger partial charge on any atom is 0.147 e. The van der Waals surface area contributed by atoms with E-state index < -0.39 is 0 Å². The Morgan fingerprint density at radius 3 is 2.23 bits per heavy atom. The van der Waals surface area contributed by atoms with E-state index in [2.05, 4.69) is 34.9 Å². The van der Waals surface area contributed by atoms with E-state index in [4.69, 9.17) is 0 Å². The molecule has 13 heavy (non-hydrogen) atoms. The summed E-state index contributed by atoms with van der Waals surface area (Å²) in [6.07, 6.45) is 0.748. The first-order chi connectivity index (χ1) is 5.29. The van der Waals surface area contributed by atoms with E-state index in [1.807, 2.05) is 0 Å². The Bertz CT molecular complexity index is 211. The van der Waals surface area contributed by atoms with Crippen LogP contribution in [0.1, 0.15) is 27.2 Å². The molecule has 0 N–H and O–H groups in total. The SMILES string of the molecule is CC1C(=O)CC[N+](C)(C)C1(C)C.[I-]. The third kappa shape index (κ3) is 2.06. The normalized spacial score (nSPS) is 30.8. The maximum absolute atomic E-state index is 11.5. The predicted octanol–water partition coefficient (Wildman–Crippen LogP) is -1.55. The minimum atomic E-state index is 0. The first-order valence-electron chi connectivity index (χ1n) is 4.65. The summed E-state index contributed by atoms with van der Waals surface area (Å²) < 4.78 is 0.958. The zero-order chi connectivity index (χ0) is 9.57. The van der Waals surface area contributed by atoms with Crippen molar-refractivity contribution < 1.29 is 33.3 Å². The van der Waals surface area contributed by atoms with Crippen LogP contribution in [0.4, 0.5) is 0 Å². The minimum absolute atomic E-state index is 0. The van der Waals surface area contributed by atoms with E-state index in [1.165, 1.54) is 0 Å². The lowest BCUT2D eigenvalue weighted by Crippen LogP contribution is -3.00. The number of Topliss-reactive ketones (excluding diaryl/α,β-unsaturated/α-hetero) is 1. The fourth-order valence-electron chi connectivity index (χ4n) is 1.81. The molecule has 0 radical (unpaired) electrons. The van der Waals surface area contributed by atoms with Gasteiger partial charge < -0.3 is 28.5 Å². The summed E-state index contributed by atoms with van der Waals surface area (Å²) in [5, 5.41) is 0. The summed E-state index contributed by atoms with van der Waals surface area (Å²) in [6.45, 7) is 7.42. The van der Waals surface area contributed by atoms with Crippen LogP contribution in [0.25, 0.3) is 0 Å². The standard InChI is InChI=1S/C10H20NO.HI/c1-8-9(12)6-7-11(4,5)10(8,2)3;/h8H,6-7H2,1-5H3;1H/q+1;/p-1. The molecule has 1 saturated heterocycles. The van der Waals surface area contributed by atoms with E-state index in [0.717, 1.165) is 17.4 Å². The quantitative estimate of drug-likeness (QED) is 0.391. The molecule has 0 spiro atoms. The maximum atomic E-state index is 11.5. The molecule has 1 aliphatic rings. The summed E-state index contributed by atoms with van der Waals surface area (Å²) in [5.74, 6) is 0.624. The molecule has 0 bridgehead atoms. The van der Waals surface area contributed by atoms with Crippen molar-refractivity contribution in [3.05, 3.63) is 0 Å². The van der Waals surface area contributed by atoms with Crippen LogP contribution in [0.5, 0.6) is 0 Å². The molecule has 78 valence electrons. The number of carbonyl (C=O) groups is 1. The van der Waals surface area contributed by atoms with Gasteiger partial charge in [0.2, 0.25) is 0 Å². The minimum Gasteiger partial charge on any atom is -1.00 e. The second-order valence-electron chi connectivity index (χ2n) is 5.00. The fraction of sp³-hybridized carbons (Fsp3) is 0.900. The van der Waals surface area contributed by atoms with E-state index in [-0.39, 0.29) is 35.4 Å². The highest BCUT2D eigenvalue weighted by Gasteiger charge is 2.48. The highest BCUT2D eigenvalue weighted by atomic mass is 127. The lowest BCUT2D eigenvalue weighted by atomic mass is 9.78. The molecule has 1 unspecified atom stereocenters. The number of likely N-dealkylation sites (tertiary alicyclic amines) is 1. The largest absolute Gasteiger partial charge is 1.00 e. The Kier molecular flexibility index (Phi) is 3.95. The van der Waals surface area contributed by atoms with E-state index in [0.29, 0.717) is 5.78 Å². The zero-order valence-electron chi connectivity index (χ0n) is 9.22. The van der Waals surface area contributed by atoms with Gasteiger partial charge in [-0.15, -0.1) is 0 Å². The van der Waals surface area contributed by atoms with Gasteiger partial charge in [-0.2, -0.15) is 0 Å². The molecule has 3 heteroatoms. The van der Waals surface area contributed by atoms with Gasteiger partial charge in [-0.3, -0.25) is 4.79 Å². The van der Waals surface area contributed by atoms with Gasteiger partial charge in [-0.05, 0) is 20.8 Å². The van der Waals surface area contributed by atoms with Gasteiger partial charge in [0.1, 0.15) is 11.3 Å². The molecule has 0 aromatic heterocycles. The Balaban J connectivity index is 0.00000144. The lowest BCUT2D eigenvalue weighted by molar-refractivity contribution is -0.943. The van der Waals surface area contributed by atoms with Crippen LogP contribution in [0, 0.1) is 5.92 Å². The summed E-state index contributed by atoms with van der Waals surface area (Å²) in [6, 6.07) is 0. The van der Waals surface area contributed by atoms with Crippen molar-refractivity contribution in [2.45, 2.75) is 32.7 Å². The number of rotatable bonds is 0. The summed E-state index contributed by atoms with van der Waals surface area (Å²) in [4.78, 5) is 11.5. The van der Waals surface area contributed by atoms with Crippen molar-refractivity contribution in [2.24, 2.45) is 5.92 Å². The smallest absolute Gasteiger partial charge is 0.147 e. The number of nitrogens with zero attached hydrogens (tertiary/aromatic N) is 1. The lowest BCUT2D eigenvalue weighted by Gasteiger charge is -2.50. The third-order valence-corrected chi connectivity index (χ3v) is 4.02. The third-order valence-electron chi connectivity index (χ3n) is 4.02. The zero-order valence-corrected chi connectivity index (χ0v) is 11.4. The summed E-state index contributed by atoms with van der Waals surface area (Å²) in [7, 11) is 4.42. The van der Waals surface area contributed by atoms with Crippen LogP contribution in [-0.4, -0.2) is 36.4 Å². The Morgan fingerprint density at radius 2 is 1.85 bits per heavy atom. The Labute approximate surface area is 98.3 Å². The number of piperidine rings is 1. The van der Waals surface area contributed by atoms with Crippen LogP contribution in [-0.2, 0) is 4.79 Å². The first kappa shape index (κ1) is 13.4. The molecule has 0 aromatic carbocycles. The van der Waals surface area contributed by atoms with Crippen molar-refractivity contribution in [3.8, 4) is 0 Å². The van der Waals surface area contributed by atoms with Crippen LogP contribution in [0.15, 0.2) is 0 Å². The number of halogens is 1. The number of hydrogen-bond acceptors (Lipinski definition) is 1. The molecule has 1 atom stereocenters. The topological polar surface area (TPSA) is 17.1 Å². The molecule has 0 amide bonds.